The highest BCUT2D eigenvalue weighted by Crippen LogP contribution is 2.36. The zero-order valence-electron chi connectivity index (χ0n) is 17.3. The van der Waals surface area contributed by atoms with E-state index in [9.17, 15) is 22.8 Å². The van der Waals surface area contributed by atoms with Gasteiger partial charge in [0.2, 0.25) is 0 Å². The van der Waals surface area contributed by atoms with Crippen molar-refractivity contribution in [3.63, 3.8) is 0 Å². The second-order valence-corrected chi connectivity index (χ2v) is 7.79. The number of nitrogens with one attached hydrogen (secondary N) is 2. The van der Waals surface area contributed by atoms with E-state index in [2.05, 4.69) is 20.4 Å². The Balaban J connectivity index is 1.91. The Morgan fingerprint density at radius 1 is 1.06 bits per heavy atom. The van der Waals surface area contributed by atoms with Crippen LogP contribution in [0.5, 0.6) is 5.75 Å². The molecule has 1 amide bonds. The highest BCUT2D eigenvalue weighted by atomic mass is 35.5. The standard InChI is InChI=1S/C22H16Cl2F3N3O4/c1-11(21(32)33)29-14-6-7-18(34-22(25,26)27)15(8-14)12-2-4-13(5-3-12)20(31)30-19-16(23)9-28-10-17(19)24/h2-11,29H,1H3,(H,32,33)(H,28,30,31). The molecule has 12 heteroatoms. The smallest absolute Gasteiger partial charge is 0.480 e. The monoisotopic (exact) mass is 513 g/mol. The molecule has 0 radical (unpaired) electrons. The van der Waals surface area contributed by atoms with Gasteiger partial charge in [-0.2, -0.15) is 0 Å². The molecular formula is C22H16Cl2F3N3O4. The van der Waals surface area contributed by atoms with Crippen LogP contribution in [0.1, 0.15) is 17.3 Å². The number of aromatic nitrogens is 1. The van der Waals surface area contributed by atoms with Gasteiger partial charge in [0.25, 0.3) is 5.91 Å². The van der Waals surface area contributed by atoms with Crippen molar-refractivity contribution in [3.8, 4) is 16.9 Å². The quantitative estimate of drug-likeness (QED) is 0.353. The van der Waals surface area contributed by atoms with Crippen LogP contribution in [0.25, 0.3) is 11.1 Å². The van der Waals surface area contributed by atoms with Gasteiger partial charge in [-0.3, -0.25) is 14.6 Å². The highest BCUT2D eigenvalue weighted by Gasteiger charge is 2.32. The lowest BCUT2D eigenvalue weighted by Crippen LogP contribution is -2.25. The van der Waals surface area contributed by atoms with Crippen molar-refractivity contribution in [2.45, 2.75) is 19.3 Å². The molecule has 0 spiro atoms. The van der Waals surface area contributed by atoms with Crippen LogP contribution in [-0.4, -0.2) is 34.4 Å². The third kappa shape index (κ3) is 6.30. The summed E-state index contributed by atoms with van der Waals surface area (Å²) in [5, 5.41) is 14.6. The van der Waals surface area contributed by atoms with Gasteiger partial charge in [0, 0.05) is 29.2 Å². The SMILES string of the molecule is CC(Nc1ccc(OC(F)(F)F)c(-c2ccc(C(=O)Nc3c(Cl)cncc3Cl)cc2)c1)C(=O)O. The van der Waals surface area contributed by atoms with E-state index in [1.54, 1.807) is 0 Å². The predicted molar refractivity (Wildman–Crippen MR) is 121 cm³/mol. The summed E-state index contributed by atoms with van der Waals surface area (Å²) in [5.74, 6) is -2.19. The van der Waals surface area contributed by atoms with Crippen LogP contribution in [0, 0.1) is 0 Å². The Hall–Kier alpha value is -3.50. The van der Waals surface area contributed by atoms with Crippen molar-refractivity contribution in [1.29, 1.82) is 0 Å². The fraction of sp³-hybridized carbons (Fsp3) is 0.136. The van der Waals surface area contributed by atoms with Crippen molar-refractivity contribution < 1.29 is 32.6 Å². The first-order chi connectivity index (χ1) is 15.9. The number of carboxylic acid groups (broad SMARTS) is 1. The lowest BCUT2D eigenvalue weighted by molar-refractivity contribution is -0.274. The number of amides is 1. The number of ether oxygens (including phenoxy) is 1. The van der Waals surface area contributed by atoms with Crippen LogP contribution in [0.15, 0.2) is 54.9 Å². The predicted octanol–water partition coefficient (Wildman–Crippen LogP) is 6.09. The molecule has 178 valence electrons. The van der Waals surface area contributed by atoms with E-state index < -0.39 is 30.0 Å². The average molecular weight is 514 g/mol. The summed E-state index contributed by atoms with van der Waals surface area (Å²) in [6.07, 6.45) is -2.33. The molecule has 3 aromatic rings. The first-order valence-electron chi connectivity index (χ1n) is 9.54. The zero-order chi connectivity index (χ0) is 25.0. The first-order valence-corrected chi connectivity index (χ1v) is 10.3. The van der Waals surface area contributed by atoms with Crippen LogP contribution < -0.4 is 15.4 Å². The normalized spacial score (nSPS) is 12.1. The van der Waals surface area contributed by atoms with Crippen LogP contribution in [-0.2, 0) is 4.79 Å². The van der Waals surface area contributed by atoms with Gasteiger partial charge in [-0.25, -0.2) is 0 Å². The molecule has 34 heavy (non-hydrogen) atoms. The third-order valence-electron chi connectivity index (χ3n) is 4.51. The summed E-state index contributed by atoms with van der Waals surface area (Å²) in [6, 6.07) is 8.32. The van der Waals surface area contributed by atoms with Crippen molar-refractivity contribution in [1.82, 2.24) is 4.98 Å². The van der Waals surface area contributed by atoms with Gasteiger partial charge < -0.3 is 20.5 Å². The number of hydrogen-bond donors (Lipinski definition) is 3. The number of carboxylic acids is 1. The zero-order valence-corrected chi connectivity index (χ0v) is 18.8. The number of carbonyl (C=O) groups is 2. The maximum Gasteiger partial charge on any atom is 0.573 e. The Bertz CT molecular complexity index is 1200. The molecular weight excluding hydrogens is 498 g/mol. The van der Waals surface area contributed by atoms with Gasteiger partial charge in [0.05, 0.1) is 15.7 Å². The van der Waals surface area contributed by atoms with Gasteiger partial charge in [-0.1, -0.05) is 35.3 Å². The largest absolute Gasteiger partial charge is 0.573 e. The molecule has 1 aromatic heterocycles. The lowest BCUT2D eigenvalue weighted by atomic mass is 10.0. The van der Waals surface area contributed by atoms with E-state index in [-0.39, 0.29) is 32.5 Å². The number of nitrogens with zero attached hydrogens (tertiary/aromatic N) is 1. The Labute approximate surface area is 201 Å². The minimum atomic E-state index is -4.94. The van der Waals surface area contributed by atoms with Gasteiger partial charge in [0.1, 0.15) is 11.8 Å². The molecule has 0 bridgehead atoms. The molecule has 0 aliphatic carbocycles. The third-order valence-corrected chi connectivity index (χ3v) is 5.08. The number of halogens is 5. The molecule has 1 heterocycles. The van der Waals surface area contributed by atoms with E-state index in [1.165, 1.54) is 55.7 Å². The van der Waals surface area contributed by atoms with E-state index in [1.807, 2.05) is 0 Å². The molecule has 0 aliphatic heterocycles. The van der Waals surface area contributed by atoms with Gasteiger partial charge in [-0.15, -0.1) is 13.2 Å². The summed E-state index contributed by atoms with van der Waals surface area (Å²) in [5.41, 5.74) is 0.942. The van der Waals surface area contributed by atoms with Crippen molar-refractivity contribution in [2.24, 2.45) is 0 Å². The van der Waals surface area contributed by atoms with E-state index >= 15 is 0 Å². The molecule has 7 nitrogen and oxygen atoms in total. The molecule has 2 aromatic carbocycles. The summed E-state index contributed by atoms with van der Waals surface area (Å²) >= 11 is 12.0. The topological polar surface area (TPSA) is 101 Å². The Kier molecular flexibility index (Phi) is 7.53. The Morgan fingerprint density at radius 2 is 1.68 bits per heavy atom. The second kappa shape index (κ2) is 10.2. The molecule has 1 atom stereocenters. The summed E-state index contributed by atoms with van der Waals surface area (Å²) in [4.78, 5) is 27.5. The number of hydrogen-bond acceptors (Lipinski definition) is 5. The van der Waals surface area contributed by atoms with Crippen LogP contribution in [0.4, 0.5) is 24.5 Å². The van der Waals surface area contributed by atoms with Crippen molar-refractivity contribution in [3.05, 3.63) is 70.5 Å². The van der Waals surface area contributed by atoms with Crippen molar-refractivity contribution >= 4 is 46.5 Å². The van der Waals surface area contributed by atoms with Crippen LogP contribution >= 0.6 is 23.2 Å². The van der Waals surface area contributed by atoms with Gasteiger partial charge in [-0.05, 0) is 42.8 Å². The number of benzene rings is 2. The summed E-state index contributed by atoms with van der Waals surface area (Å²) < 4.78 is 42.8. The molecule has 0 aliphatic rings. The maximum atomic E-state index is 12.9. The number of carbonyl (C=O) groups excluding carboxylic acids is 1. The second-order valence-electron chi connectivity index (χ2n) is 6.97. The van der Waals surface area contributed by atoms with Crippen LogP contribution in [0.2, 0.25) is 10.0 Å². The number of pyridine rings is 1. The first kappa shape index (κ1) is 25.1. The Morgan fingerprint density at radius 3 is 2.24 bits per heavy atom. The maximum absolute atomic E-state index is 12.9. The molecule has 0 fully saturated rings. The van der Waals surface area contributed by atoms with Gasteiger partial charge >= 0.3 is 12.3 Å². The molecule has 0 saturated heterocycles. The summed E-state index contributed by atoms with van der Waals surface area (Å²) in [6.45, 7) is 1.39. The van der Waals surface area contributed by atoms with E-state index in [0.29, 0.717) is 5.56 Å². The number of aliphatic carboxylic acids is 1. The van der Waals surface area contributed by atoms with E-state index in [4.69, 9.17) is 28.3 Å². The lowest BCUT2D eigenvalue weighted by Gasteiger charge is -2.17. The highest BCUT2D eigenvalue weighted by molar-refractivity contribution is 6.39. The summed E-state index contributed by atoms with van der Waals surface area (Å²) in [7, 11) is 0. The average Bonchev–Trinajstić information content (AvgIpc) is 2.76. The minimum Gasteiger partial charge on any atom is -0.480 e. The minimum absolute atomic E-state index is 0.0343. The number of rotatable bonds is 7. The van der Waals surface area contributed by atoms with E-state index in [0.717, 1.165) is 6.07 Å². The molecule has 0 saturated carbocycles. The fourth-order valence-electron chi connectivity index (χ4n) is 2.89. The number of anilines is 2. The van der Waals surface area contributed by atoms with Gasteiger partial charge in [0.15, 0.2) is 0 Å². The number of alkyl halides is 3. The molecule has 3 rings (SSSR count). The fourth-order valence-corrected chi connectivity index (χ4v) is 3.35. The van der Waals surface area contributed by atoms with Crippen LogP contribution in [0.3, 0.4) is 0 Å². The molecule has 3 N–H and O–H groups in total. The van der Waals surface area contributed by atoms with Crippen molar-refractivity contribution in [2.75, 3.05) is 10.6 Å². The molecule has 1 unspecified atom stereocenters.